The zero-order valence-electron chi connectivity index (χ0n) is 73.0. The van der Waals surface area contributed by atoms with Gasteiger partial charge in [0.1, 0.15) is 23.5 Å². The van der Waals surface area contributed by atoms with Gasteiger partial charge in [0.25, 0.3) is 53.2 Å². The van der Waals surface area contributed by atoms with Gasteiger partial charge in [-0.3, -0.25) is 77.9 Å². The summed E-state index contributed by atoms with van der Waals surface area (Å²) >= 11 is 0. The van der Waals surface area contributed by atoms with Gasteiger partial charge < -0.3 is 58.5 Å². The molecular formula is C98H94F5N19O12. The van der Waals surface area contributed by atoms with E-state index in [9.17, 15) is 60.3 Å². The van der Waals surface area contributed by atoms with Gasteiger partial charge in [0, 0.05) is 175 Å². The Kier molecular flexibility index (Phi) is 24.1. The molecule has 0 radical (unpaired) electrons. The highest BCUT2D eigenvalue weighted by Crippen LogP contribution is 2.62. The molecular weight excluding hydrogens is 1730 g/mol. The van der Waals surface area contributed by atoms with Crippen molar-refractivity contribution in [1.29, 1.82) is 0 Å². The monoisotopic (exact) mass is 1820 g/mol. The summed E-state index contributed by atoms with van der Waals surface area (Å²) in [7, 11) is 0. The van der Waals surface area contributed by atoms with Crippen LogP contribution >= 0.6 is 0 Å². The summed E-state index contributed by atoms with van der Waals surface area (Å²) in [4.78, 5) is 141. The average Bonchev–Trinajstić information content (AvgIpc) is 1.60. The predicted molar refractivity (Wildman–Crippen MR) is 477 cm³/mol. The summed E-state index contributed by atoms with van der Waals surface area (Å²) in [5.41, 5.74) is 5.18. The van der Waals surface area contributed by atoms with Gasteiger partial charge in [-0.2, -0.15) is 27.1 Å². The Balaban J connectivity index is 0.000000115. The summed E-state index contributed by atoms with van der Waals surface area (Å²) in [6.07, 6.45) is 30.5. The fourth-order valence-electron chi connectivity index (χ4n) is 19.6. The van der Waals surface area contributed by atoms with E-state index >= 15 is 0 Å². The average molecular weight is 1820 g/mol. The maximum atomic E-state index is 13.3. The first-order chi connectivity index (χ1) is 64.7. The zero-order chi connectivity index (χ0) is 92.7. The van der Waals surface area contributed by atoms with Gasteiger partial charge >= 0.3 is 6.18 Å². The van der Waals surface area contributed by atoms with Crippen molar-refractivity contribution in [1.82, 2.24) is 95.5 Å². The van der Waals surface area contributed by atoms with Crippen LogP contribution in [0.15, 0.2) is 226 Å². The van der Waals surface area contributed by atoms with Crippen molar-refractivity contribution in [2.75, 3.05) is 78.5 Å². The van der Waals surface area contributed by atoms with Crippen LogP contribution in [-0.2, 0) is 12.1 Å². The molecule has 8 fully saturated rings. The Labute approximate surface area is 762 Å². The van der Waals surface area contributed by atoms with Gasteiger partial charge in [0.05, 0.1) is 47.2 Å². The Hall–Kier alpha value is -14.7. The van der Waals surface area contributed by atoms with E-state index < -0.39 is 23.6 Å². The predicted octanol–water partition coefficient (Wildman–Crippen LogP) is 14.9. The van der Waals surface area contributed by atoms with Crippen LogP contribution in [0.4, 0.5) is 22.0 Å². The number of carbonyl (C=O) groups excluding carboxylic acids is 8. The summed E-state index contributed by atoms with van der Waals surface area (Å²) in [5, 5.41) is 22.2. The second-order valence-corrected chi connectivity index (χ2v) is 36.3. The maximum Gasteiger partial charge on any atom is 0.416 e. The van der Waals surface area contributed by atoms with Crippen LogP contribution < -0.4 is 21.3 Å². The summed E-state index contributed by atoms with van der Waals surface area (Å²) in [6, 6.07) is 31.6. The number of furan rings is 4. The third-order valence-electron chi connectivity index (χ3n) is 28.3. The van der Waals surface area contributed by atoms with E-state index in [2.05, 4.69) is 71.3 Å². The minimum absolute atomic E-state index is 0.0180. The van der Waals surface area contributed by atoms with E-state index in [4.69, 9.17) is 17.7 Å². The summed E-state index contributed by atoms with van der Waals surface area (Å²) in [6.45, 7) is 8.20. The number of hydrogen-bond acceptors (Lipinski definition) is 21. The summed E-state index contributed by atoms with van der Waals surface area (Å²) < 4.78 is 89.6. The molecule has 4 aliphatic heterocycles. The van der Waals surface area contributed by atoms with Crippen molar-refractivity contribution < 1.29 is 78.0 Å². The molecule has 31 nitrogen and oxygen atoms in total. The highest BCUT2D eigenvalue weighted by atomic mass is 19.4. The number of halogens is 5. The molecule has 17 heterocycles. The number of piperidine rings is 4. The van der Waals surface area contributed by atoms with E-state index in [1.54, 1.807) is 125 Å². The first-order valence-electron chi connectivity index (χ1n) is 44.8. The van der Waals surface area contributed by atoms with Crippen LogP contribution in [0, 0.1) is 45.3 Å². The molecule has 22 rings (SSSR count). The fraction of sp³-hybridized carbons (Fsp3) is 0.357. The van der Waals surface area contributed by atoms with Crippen molar-refractivity contribution in [2.24, 2.45) is 45.3 Å². The molecule has 688 valence electrons. The van der Waals surface area contributed by atoms with Crippen LogP contribution in [0.2, 0.25) is 0 Å². The van der Waals surface area contributed by atoms with Gasteiger partial charge in [-0.1, -0.05) is 12.1 Å². The standard InChI is InChI=1S/C26H25N5O3.C25H24N6O3.C24H24F2N4O3.C23H21F3N4O3/c32-24(22-13-19-5-9-27-16-23(19)34-22)28-15-20-14-26(20)7-11-31(12-8-26)25(33)18-3-1-17(2-4-18)21-6-10-29-30-21;32-23(20-11-17-3-6-26-15-21(17)34-20)29-14-19-12-25(19)4-8-30(9-5-25)24(33)18-1-2-22(28-13-18)31-10-7-27-16-31;1-23(25,26)20-3-2-16(12-28-20)22(32)30-8-5-24(6-9-30)11-17(24)13-29-21(31)18-10-15-4-7-27-14-19(15)33-18;24-23(25,26)15-2-6-28-17(10-15)21(32)30-7-3-22(4-8-30)11-16(22)12-29-20(31)18-9-14-1-5-27-13-19(14)33-18/h1-6,9-10,13,16,20H,7-8,11-12,14-15H2,(H,28,32)(H,29,30);1-3,6-7,10-11,13,15-16,19H,4-5,8-9,12,14H2,(H,29,32);2-4,7,10,12,14,17H,5-6,8-9,11,13H2,1H3,(H,29,31);1-2,5-6,9-10,13,16H,3-4,7-8,11-12H2,(H,29,31). The van der Waals surface area contributed by atoms with Gasteiger partial charge in [-0.15, -0.1) is 0 Å². The molecule has 8 amide bonds. The molecule has 8 aliphatic rings. The number of imidazole rings is 1. The normalized spacial score (nSPS) is 19.2. The molecule has 14 aromatic rings. The van der Waals surface area contributed by atoms with Crippen LogP contribution in [0.25, 0.3) is 61.0 Å². The third-order valence-corrected chi connectivity index (χ3v) is 28.3. The van der Waals surface area contributed by atoms with Crippen LogP contribution in [-0.4, -0.2) is 200 Å². The minimum atomic E-state index is -4.52. The Bertz CT molecular complexity index is 6340. The smallest absolute Gasteiger partial charge is 0.416 e. The molecule has 4 aliphatic carbocycles. The lowest BCUT2D eigenvalue weighted by Gasteiger charge is -2.33. The van der Waals surface area contributed by atoms with Gasteiger partial charge in [-0.25, -0.2) is 9.97 Å². The number of alkyl halides is 5. The highest BCUT2D eigenvalue weighted by molar-refractivity contribution is 6.00. The number of aromatic nitrogens is 11. The molecule has 134 heavy (non-hydrogen) atoms. The lowest BCUT2D eigenvalue weighted by Crippen LogP contribution is -2.40. The Morgan fingerprint density at radius 3 is 1.10 bits per heavy atom. The van der Waals surface area contributed by atoms with E-state index in [-0.39, 0.29) is 85.9 Å². The number of rotatable bonds is 19. The highest BCUT2D eigenvalue weighted by Gasteiger charge is 2.58. The van der Waals surface area contributed by atoms with Crippen molar-refractivity contribution in [3.05, 3.63) is 265 Å². The van der Waals surface area contributed by atoms with E-state index in [1.807, 2.05) is 70.6 Å². The molecule has 4 unspecified atom stereocenters. The van der Waals surface area contributed by atoms with Crippen LogP contribution in [0.1, 0.15) is 179 Å². The number of carbonyl (C=O) groups is 8. The lowest BCUT2D eigenvalue weighted by molar-refractivity contribution is -0.137. The number of H-pyrrole nitrogens is 1. The minimum Gasteiger partial charge on any atom is -0.449 e. The largest absolute Gasteiger partial charge is 0.449 e. The Morgan fingerprint density at radius 1 is 0.396 bits per heavy atom. The molecule has 4 saturated carbocycles. The molecule has 36 heteroatoms. The second kappa shape index (κ2) is 36.4. The van der Waals surface area contributed by atoms with Crippen LogP contribution in [0.5, 0.6) is 0 Å². The van der Waals surface area contributed by atoms with Gasteiger partial charge in [0.15, 0.2) is 45.4 Å². The maximum absolute atomic E-state index is 13.3. The SMILES string of the molecule is CC(F)(F)c1ccc(C(=O)N2CCC3(CC2)CC3CNC(=O)c2cc3ccncc3o2)cn1.O=C(NCC1CC12CCN(C(=O)c1cc(C(F)(F)F)ccn1)CC2)c1cc2ccncc2o1.O=C(NCC1CC12CCN(C(=O)c1ccc(-c3ccn[nH]3)cc1)CC2)c1cc2ccncc2o1.O=C(NCC1CC12CCN(C(=O)c1ccc(-n3ccnc3)nc1)CC2)c1cc2ccncc2o1. The summed E-state index contributed by atoms with van der Waals surface area (Å²) in [5.74, 6) is -1.08. The van der Waals surface area contributed by atoms with Gasteiger partial charge in [0.2, 0.25) is 0 Å². The number of amides is 8. The fourth-order valence-corrected chi connectivity index (χ4v) is 19.6. The number of nitrogens with one attached hydrogen (secondary N) is 5. The molecule has 4 spiro atoms. The molecule has 13 aromatic heterocycles. The number of likely N-dealkylation sites (tertiary alicyclic amines) is 4. The van der Waals surface area contributed by atoms with Crippen molar-refractivity contribution in [3.8, 4) is 17.1 Å². The molecule has 0 bridgehead atoms. The van der Waals surface area contributed by atoms with Crippen molar-refractivity contribution in [2.45, 2.75) is 96.1 Å². The van der Waals surface area contributed by atoms with Crippen molar-refractivity contribution >= 4 is 91.1 Å². The number of nitrogens with zero attached hydrogens (tertiary/aromatic N) is 14. The lowest BCUT2D eigenvalue weighted by atomic mass is 9.90. The topological polar surface area (TPSA) is 387 Å². The quantitative estimate of drug-likeness (QED) is 0.0469. The molecule has 5 N–H and O–H groups in total. The zero-order valence-corrected chi connectivity index (χ0v) is 73.0. The van der Waals surface area contributed by atoms with Crippen LogP contribution in [0.3, 0.4) is 0 Å². The number of benzene rings is 1. The van der Waals surface area contributed by atoms with E-state index in [0.29, 0.717) is 127 Å². The molecule has 1 aromatic carbocycles. The third kappa shape index (κ3) is 19.2. The van der Waals surface area contributed by atoms with Crippen molar-refractivity contribution in [3.63, 3.8) is 0 Å². The first-order valence-corrected chi connectivity index (χ1v) is 44.8. The second-order valence-electron chi connectivity index (χ2n) is 36.3. The number of aromatic amines is 1. The molecule has 4 saturated heterocycles. The molecule has 4 atom stereocenters. The first kappa shape index (κ1) is 88.5. The van der Waals surface area contributed by atoms with E-state index in [0.717, 1.165) is 167 Å². The number of hydrogen-bond donors (Lipinski definition) is 5. The van der Waals surface area contributed by atoms with E-state index in [1.165, 1.54) is 18.3 Å². The van der Waals surface area contributed by atoms with Gasteiger partial charge in [-0.05, 0) is 231 Å². The number of pyridine rings is 7. The Morgan fingerprint density at radius 2 is 0.769 bits per heavy atom. The number of fused-ring (bicyclic) bond motifs is 4.